The fourth-order valence-electron chi connectivity index (χ4n) is 2.59. The molecule has 0 aromatic heterocycles. The molecule has 1 aromatic carbocycles. The van der Waals surface area contributed by atoms with Crippen LogP contribution in [0, 0.1) is 11.7 Å². The minimum atomic E-state index is -0.130. The molecule has 0 radical (unpaired) electrons. The van der Waals surface area contributed by atoms with Crippen molar-refractivity contribution in [1.29, 1.82) is 0 Å². The van der Waals surface area contributed by atoms with Crippen LogP contribution in [-0.4, -0.2) is 0 Å². The minimum Gasteiger partial charge on any atom is -0.399 e. The molecular formula is C13H18FN. The Balaban J connectivity index is 2.21. The maximum absolute atomic E-state index is 13.7. The molecule has 15 heavy (non-hydrogen) atoms. The number of benzene rings is 1. The molecule has 0 aliphatic heterocycles. The summed E-state index contributed by atoms with van der Waals surface area (Å²) in [6.45, 7) is 2.25. The largest absolute Gasteiger partial charge is 0.399 e. The molecule has 1 saturated carbocycles. The van der Waals surface area contributed by atoms with E-state index >= 15 is 0 Å². The van der Waals surface area contributed by atoms with Crippen LogP contribution in [0.2, 0.25) is 0 Å². The predicted octanol–water partition coefficient (Wildman–Crippen LogP) is 3.70. The highest BCUT2D eigenvalue weighted by atomic mass is 19.1. The molecule has 1 fully saturated rings. The number of rotatable bonds is 1. The van der Waals surface area contributed by atoms with Crippen molar-refractivity contribution in [2.45, 2.75) is 38.5 Å². The monoisotopic (exact) mass is 207 g/mol. The summed E-state index contributed by atoms with van der Waals surface area (Å²) in [6.07, 6.45) is 4.73. The molecule has 2 heteroatoms. The molecule has 0 spiro atoms. The van der Waals surface area contributed by atoms with Crippen molar-refractivity contribution < 1.29 is 4.39 Å². The predicted molar refractivity (Wildman–Crippen MR) is 61.2 cm³/mol. The van der Waals surface area contributed by atoms with Crippen molar-refractivity contribution in [3.63, 3.8) is 0 Å². The number of hydrogen-bond acceptors (Lipinski definition) is 1. The first-order valence-electron chi connectivity index (χ1n) is 5.71. The summed E-state index contributed by atoms with van der Waals surface area (Å²) in [5.74, 6) is 0.990. The van der Waals surface area contributed by atoms with Crippen LogP contribution < -0.4 is 5.73 Å². The van der Waals surface area contributed by atoms with Crippen LogP contribution in [0.15, 0.2) is 18.2 Å². The lowest BCUT2D eigenvalue weighted by Crippen LogP contribution is -2.13. The summed E-state index contributed by atoms with van der Waals surface area (Å²) in [6, 6.07) is 5.10. The molecule has 0 saturated heterocycles. The summed E-state index contributed by atoms with van der Waals surface area (Å²) in [4.78, 5) is 0. The van der Waals surface area contributed by atoms with Crippen LogP contribution in [0.1, 0.15) is 44.1 Å². The van der Waals surface area contributed by atoms with Crippen molar-refractivity contribution in [1.82, 2.24) is 0 Å². The average Bonchev–Trinajstić information content (AvgIpc) is 2.17. The van der Waals surface area contributed by atoms with E-state index in [-0.39, 0.29) is 5.82 Å². The lowest BCUT2D eigenvalue weighted by Gasteiger charge is -2.27. The van der Waals surface area contributed by atoms with Gasteiger partial charge in [-0.3, -0.25) is 0 Å². The van der Waals surface area contributed by atoms with Gasteiger partial charge < -0.3 is 5.73 Å². The van der Waals surface area contributed by atoms with E-state index in [1.807, 2.05) is 6.07 Å². The first kappa shape index (κ1) is 10.5. The molecule has 0 amide bonds. The van der Waals surface area contributed by atoms with Gasteiger partial charge in [0.05, 0.1) is 0 Å². The van der Waals surface area contributed by atoms with Gasteiger partial charge in [-0.15, -0.1) is 0 Å². The van der Waals surface area contributed by atoms with Crippen LogP contribution in [0.5, 0.6) is 0 Å². The van der Waals surface area contributed by atoms with Gasteiger partial charge in [-0.25, -0.2) is 4.39 Å². The van der Waals surface area contributed by atoms with E-state index in [1.165, 1.54) is 18.9 Å². The molecule has 82 valence electrons. The fraction of sp³-hybridized carbons (Fsp3) is 0.538. The normalized spacial score (nSPS) is 26.5. The number of halogens is 1. The van der Waals surface area contributed by atoms with Crippen LogP contribution in [0.25, 0.3) is 0 Å². The maximum Gasteiger partial charge on any atom is 0.128 e. The first-order chi connectivity index (χ1) is 7.16. The third-order valence-corrected chi connectivity index (χ3v) is 3.40. The van der Waals surface area contributed by atoms with E-state index in [4.69, 9.17) is 5.73 Å². The molecule has 1 nitrogen and oxygen atoms in total. The molecular weight excluding hydrogens is 189 g/mol. The fourth-order valence-corrected chi connectivity index (χ4v) is 2.59. The molecule has 2 rings (SSSR count). The molecule has 1 aliphatic rings. The second-order valence-electron chi connectivity index (χ2n) is 4.75. The lowest BCUT2D eigenvalue weighted by molar-refractivity contribution is 0.338. The zero-order valence-corrected chi connectivity index (χ0v) is 9.17. The topological polar surface area (TPSA) is 26.0 Å². The van der Waals surface area contributed by atoms with Crippen LogP contribution in [-0.2, 0) is 0 Å². The molecule has 1 aliphatic carbocycles. The third kappa shape index (κ3) is 2.31. The van der Waals surface area contributed by atoms with E-state index in [0.717, 1.165) is 24.3 Å². The Bertz CT molecular complexity index is 348. The SMILES string of the molecule is C[C@@H]1CCC[C@H](c2ccc(N)cc2F)C1. The highest BCUT2D eigenvalue weighted by Crippen LogP contribution is 2.37. The van der Waals surface area contributed by atoms with Gasteiger partial charge in [-0.2, -0.15) is 0 Å². The highest BCUT2D eigenvalue weighted by Gasteiger charge is 2.22. The number of nitrogen functional groups attached to an aromatic ring is 1. The molecule has 2 N–H and O–H groups in total. The van der Waals surface area contributed by atoms with Gasteiger partial charge in [-0.1, -0.05) is 25.8 Å². The Morgan fingerprint density at radius 1 is 1.33 bits per heavy atom. The van der Waals surface area contributed by atoms with Crippen LogP contribution in [0.3, 0.4) is 0 Å². The van der Waals surface area contributed by atoms with E-state index in [9.17, 15) is 4.39 Å². The summed E-state index contributed by atoms with van der Waals surface area (Å²) in [7, 11) is 0. The Labute approximate surface area is 90.5 Å². The molecule has 0 heterocycles. The van der Waals surface area contributed by atoms with Gasteiger partial charge in [0.25, 0.3) is 0 Å². The number of anilines is 1. The zero-order valence-electron chi connectivity index (χ0n) is 9.17. The van der Waals surface area contributed by atoms with Gasteiger partial charge in [0.15, 0.2) is 0 Å². The lowest BCUT2D eigenvalue weighted by atomic mass is 9.78. The van der Waals surface area contributed by atoms with Crippen LogP contribution >= 0.6 is 0 Å². The van der Waals surface area contributed by atoms with Gasteiger partial charge in [0.2, 0.25) is 0 Å². The van der Waals surface area contributed by atoms with E-state index < -0.39 is 0 Å². The maximum atomic E-state index is 13.7. The van der Waals surface area contributed by atoms with E-state index in [2.05, 4.69) is 6.92 Å². The van der Waals surface area contributed by atoms with Crippen molar-refractivity contribution in [2.24, 2.45) is 5.92 Å². The minimum absolute atomic E-state index is 0.130. The second-order valence-corrected chi connectivity index (χ2v) is 4.75. The van der Waals surface area contributed by atoms with Gasteiger partial charge in [0, 0.05) is 5.69 Å². The Hall–Kier alpha value is -1.05. The Morgan fingerprint density at radius 2 is 2.13 bits per heavy atom. The molecule has 0 unspecified atom stereocenters. The summed E-state index contributed by atoms with van der Waals surface area (Å²) < 4.78 is 13.7. The Kier molecular flexibility index (Phi) is 2.94. The molecule has 2 atom stereocenters. The second kappa shape index (κ2) is 4.21. The zero-order chi connectivity index (χ0) is 10.8. The van der Waals surface area contributed by atoms with E-state index in [0.29, 0.717) is 11.6 Å². The molecule has 0 bridgehead atoms. The number of nitrogens with two attached hydrogens (primary N) is 1. The van der Waals surface area contributed by atoms with Crippen molar-refractivity contribution >= 4 is 5.69 Å². The molecule has 1 aromatic rings. The standard InChI is InChI=1S/C13H18FN/c1-9-3-2-4-10(7-9)12-6-5-11(15)8-13(12)14/h5-6,8-10H,2-4,7,15H2,1H3/t9-,10+/m1/s1. The smallest absolute Gasteiger partial charge is 0.128 e. The van der Waals surface area contributed by atoms with Gasteiger partial charge in [-0.05, 0) is 42.4 Å². The summed E-state index contributed by atoms with van der Waals surface area (Å²) >= 11 is 0. The summed E-state index contributed by atoms with van der Waals surface area (Å²) in [5, 5.41) is 0. The van der Waals surface area contributed by atoms with Crippen molar-refractivity contribution in [2.75, 3.05) is 5.73 Å². The Morgan fingerprint density at radius 3 is 2.80 bits per heavy atom. The highest BCUT2D eigenvalue weighted by molar-refractivity contribution is 5.41. The van der Waals surface area contributed by atoms with Crippen molar-refractivity contribution in [3.05, 3.63) is 29.6 Å². The van der Waals surface area contributed by atoms with Crippen molar-refractivity contribution in [3.8, 4) is 0 Å². The van der Waals surface area contributed by atoms with Gasteiger partial charge in [0.1, 0.15) is 5.82 Å². The quantitative estimate of drug-likeness (QED) is 0.698. The first-order valence-corrected chi connectivity index (χ1v) is 5.71. The van der Waals surface area contributed by atoms with E-state index in [1.54, 1.807) is 6.07 Å². The average molecular weight is 207 g/mol. The summed E-state index contributed by atoms with van der Waals surface area (Å²) in [5.41, 5.74) is 6.92. The van der Waals surface area contributed by atoms with Gasteiger partial charge >= 0.3 is 0 Å². The third-order valence-electron chi connectivity index (χ3n) is 3.40. The van der Waals surface area contributed by atoms with Crippen LogP contribution in [0.4, 0.5) is 10.1 Å². The number of hydrogen-bond donors (Lipinski definition) is 1.